The highest BCUT2D eigenvalue weighted by molar-refractivity contribution is 5.69. The molecule has 1 fully saturated rings. The van der Waals surface area contributed by atoms with Gasteiger partial charge in [0, 0.05) is 30.2 Å². The topological polar surface area (TPSA) is 62.5 Å². The van der Waals surface area contributed by atoms with Crippen LogP contribution in [-0.4, -0.2) is 31.7 Å². The molecule has 130 valence electrons. The van der Waals surface area contributed by atoms with Crippen LogP contribution in [0.15, 0.2) is 42.9 Å². The van der Waals surface area contributed by atoms with E-state index in [0.29, 0.717) is 12.8 Å². The van der Waals surface area contributed by atoms with Gasteiger partial charge in [-0.15, -0.1) is 0 Å². The van der Waals surface area contributed by atoms with Gasteiger partial charge in [0.05, 0.1) is 12.3 Å². The monoisotopic (exact) mass is 340 g/mol. The van der Waals surface area contributed by atoms with Crippen molar-refractivity contribution in [3.05, 3.63) is 48.4 Å². The highest BCUT2D eigenvalue weighted by Gasteiger charge is 2.22. The first-order valence-electron chi connectivity index (χ1n) is 8.67. The third-order valence-corrected chi connectivity index (χ3v) is 4.80. The van der Waals surface area contributed by atoms with E-state index in [2.05, 4.69) is 10.3 Å². The van der Waals surface area contributed by atoms with Gasteiger partial charge in [0.1, 0.15) is 6.17 Å². The van der Waals surface area contributed by atoms with E-state index in [1.165, 1.54) is 0 Å². The summed E-state index contributed by atoms with van der Waals surface area (Å²) in [7, 11) is 0. The molecule has 3 aromatic rings. The molecule has 0 radical (unpaired) electrons. The van der Waals surface area contributed by atoms with Gasteiger partial charge in [0.15, 0.2) is 11.5 Å². The van der Waals surface area contributed by atoms with Gasteiger partial charge < -0.3 is 14.8 Å². The Hall–Kier alpha value is -2.47. The molecule has 5 nitrogen and oxygen atoms in total. The lowest BCUT2D eigenvalue weighted by molar-refractivity contribution is 0.241. The first-order valence-corrected chi connectivity index (χ1v) is 8.67. The van der Waals surface area contributed by atoms with Crippen LogP contribution in [0.1, 0.15) is 31.2 Å². The Morgan fingerprint density at radius 3 is 2.64 bits per heavy atom. The molecule has 1 aliphatic rings. The molecule has 6 heteroatoms. The Balaban J connectivity index is 1.66. The highest BCUT2D eigenvalue weighted by Crippen LogP contribution is 2.27. The van der Waals surface area contributed by atoms with Crippen molar-refractivity contribution >= 4 is 11.5 Å². The van der Waals surface area contributed by atoms with E-state index in [1.54, 1.807) is 6.20 Å². The molecule has 0 bridgehead atoms. The molecule has 1 saturated carbocycles. The van der Waals surface area contributed by atoms with E-state index in [1.807, 2.05) is 41.1 Å². The molecule has 1 aromatic carbocycles. The fraction of sp³-hybridized carbons (Fsp3) is 0.368. The Kier molecular flexibility index (Phi) is 4.36. The predicted molar refractivity (Wildman–Crippen MR) is 95.1 cm³/mol. The van der Waals surface area contributed by atoms with Crippen LogP contribution < -0.4 is 5.32 Å². The van der Waals surface area contributed by atoms with Crippen molar-refractivity contribution < 1.29 is 9.50 Å². The highest BCUT2D eigenvalue weighted by atomic mass is 19.1. The van der Waals surface area contributed by atoms with Crippen molar-refractivity contribution in [1.29, 1.82) is 0 Å². The van der Waals surface area contributed by atoms with Crippen molar-refractivity contribution in [3.8, 4) is 11.3 Å². The number of benzene rings is 1. The van der Waals surface area contributed by atoms with Crippen LogP contribution in [-0.2, 0) is 6.61 Å². The van der Waals surface area contributed by atoms with E-state index >= 15 is 0 Å². The maximum atomic E-state index is 13.4. The second kappa shape index (κ2) is 6.80. The summed E-state index contributed by atoms with van der Waals surface area (Å²) in [5.41, 5.74) is 3.45. The summed E-state index contributed by atoms with van der Waals surface area (Å²) in [6, 6.07) is 7.92. The van der Waals surface area contributed by atoms with Gasteiger partial charge in [-0.1, -0.05) is 24.3 Å². The number of alkyl halides is 1. The zero-order chi connectivity index (χ0) is 17.2. The predicted octanol–water partition coefficient (Wildman–Crippen LogP) is 3.58. The number of nitrogens with one attached hydrogen (secondary N) is 1. The van der Waals surface area contributed by atoms with Crippen molar-refractivity contribution in [2.75, 3.05) is 5.32 Å². The van der Waals surface area contributed by atoms with Crippen LogP contribution in [0.25, 0.3) is 16.9 Å². The number of imidazole rings is 1. The number of rotatable bonds is 4. The normalized spacial score (nSPS) is 20.7. The second-order valence-corrected chi connectivity index (χ2v) is 6.58. The molecule has 2 aromatic heterocycles. The first kappa shape index (κ1) is 16.0. The number of halogens is 1. The number of fused-ring (bicyclic) bond motifs is 1. The fourth-order valence-corrected chi connectivity index (χ4v) is 3.34. The lowest BCUT2D eigenvalue weighted by atomic mass is 9.94. The molecule has 2 heterocycles. The van der Waals surface area contributed by atoms with Crippen molar-refractivity contribution in [3.63, 3.8) is 0 Å². The van der Waals surface area contributed by atoms with Gasteiger partial charge in [-0.2, -0.15) is 0 Å². The molecule has 0 spiro atoms. The number of hydrogen-bond donors (Lipinski definition) is 2. The second-order valence-electron chi connectivity index (χ2n) is 6.58. The lowest BCUT2D eigenvalue weighted by Gasteiger charge is -2.25. The maximum Gasteiger partial charge on any atom is 0.180 e. The fourth-order valence-electron chi connectivity index (χ4n) is 3.34. The molecule has 0 aliphatic heterocycles. The van der Waals surface area contributed by atoms with Crippen LogP contribution in [0.3, 0.4) is 0 Å². The van der Waals surface area contributed by atoms with Crippen LogP contribution in [0, 0.1) is 0 Å². The van der Waals surface area contributed by atoms with Gasteiger partial charge in [0.2, 0.25) is 0 Å². The summed E-state index contributed by atoms with van der Waals surface area (Å²) in [6.07, 6.45) is 7.74. The molecule has 0 unspecified atom stereocenters. The van der Waals surface area contributed by atoms with E-state index in [4.69, 9.17) is 4.98 Å². The molecular weight excluding hydrogens is 319 g/mol. The van der Waals surface area contributed by atoms with Crippen molar-refractivity contribution in [1.82, 2.24) is 14.4 Å². The summed E-state index contributed by atoms with van der Waals surface area (Å²) in [5.74, 6) is 0.732. The summed E-state index contributed by atoms with van der Waals surface area (Å²) in [4.78, 5) is 9.15. The Morgan fingerprint density at radius 2 is 1.92 bits per heavy atom. The largest absolute Gasteiger partial charge is 0.392 e. The summed E-state index contributed by atoms with van der Waals surface area (Å²) in [6.45, 7) is 0.0261. The first-order chi connectivity index (χ1) is 12.2. The van der Waals surface area contributed by atoms with E-state index in [0.717, 1.165) is 41.1 Å². The van der Waals surface area contributed by atoms with Crippen LogP contribution >= 0.6 is 0 Å². The smallest absolute Gasteiger partial charge is 0.180 e. The number of aromatic nitrogens is 3. The zero-order valence-corrected chi connectivity index (χ0v) is 13.9. The van der Waals surface area contributed by atoms with Gasteiger partial charge in [-0.05, 0) is 31.2 Å². The standard InChI is InChI=1S/C19H21FN4O/c20-15-5-7-16(8-6-15)22-18-19-21-9-10-24(19)11-17(23-18)14-3-1-13(12-25)2-4-14/h1-4,9-11,15-16,25H,5-8,12H2,(H,22,23). The average Bonchev–Trinajstić information content (AvgIpc) is 3.12. The number of aliphatic hydroxyl groups excluding tert-OH is 1. The molecular formula is C19H21FN4O. The van der Waals surface area contributed by atoms with Gasteiger partial charge in [0.25, 0.3) is 0 Å². The van der Waals surface area contributed by atoms with Crippen LogP contribution in [0.2, 0.25) is 0 Å². The van der Waals surface area contributed by atoms with Gasteiger partial charge in [-0.25, -0.2) is 14.4 Å². The summed E-state index contributed by atoms with van der Waals surface area (Å²) < 4.78 is 15.3. The van der Waals surface area contributed by atoms with Crippen LogP contribution in [0.5, 0.6) is 0 Å². The SMILES string of the molecule is OCc1ccc(-c2cn3ccnc3c(NC3CCC(F)CC3)n2)cc1. The van der Waals surface area contributed by atoms with Gasteiger partial charge in [-0.3, -0.25) is 0 Å². The molecule has 25 heavy (non-hydrogen) atoms. The Labute approximate surface area is 145 Å². The number of hydrogen-bond acceptors (Lipinski definition) is 4. The summed E-state index contributed by atoms with van der Waals surface area (Å²) in [5, 5.41) is 12.7. The Bertz CT molecular complexity index is 853. The quantitative estimate of drug-likeness (QED) is 0.762. The number of aliphatic hydroxyl groups is 1. The number of nitrogens with zero attached hydrogens (tertiary/aromatic N) is 3. The minimum atomic E-state index is -0.672. The van der Waals surface area contributed by atoms with E-state index in [9.17, 15) is 9.50 Å². The Morgan fingerprint density at radius 1 is 1.16 bits per heavy atom. The molecule has 0 atom stereocenters. The third-order valence-electron chi connectivity index (χ3n) is 4.80. The molecule has 0 saturated heterocycles. The minimum absolute atomic E-state index is 0.0261. The molecule has 2 N–H and O–H groups in total. The minimum Gasteiger partial charge on any atom is -0.392 e. The number of anilines is 1. The van der Waals surface area contributed by atoms with Crippen LogP contribution in [0.4, 0.5) is 10.2 Å². The summed E-state index contributed by atoms with van der Waals surface area (Å²) >= 11 is 0. The zero-order valence-electron chi connectivity index (χ0n) is 13.9. The maximum absolute atomic E-state index is 13.4. The lowest BCUT2D eigenvalue weighted by Crippen LogP contribution is -2.27. The van der Waals surface area contributed by atoms with Crippen molar-refractivity contribution in [2.24, 2.45) is 0 Å². The van der Waals surface area contributed by atoms with Crippen molar-refractivity contribution in [2.45, 2.75) is 44.5 Å². The van der Waals surface area contributed by atoms with Gasteiger partial charge >= 0.3 is 0 Å². The molecule has 4 rings (SSSR count). The molecule has 1 aliphatic carbocycles. The van der Waals surface area contributed by atoms with E-state index in [-0.39, 0.29) is 12.6 Å². The third kappa shape index (κ3) is 3.35. The molecule has 0 amide bonds. The average molecular weight is 340 g/mol. The van der Waals surface area contributed by atoms with E-state index < -0.39 is 6.17 Å².